The average molecular weight is 245 g/mol. The Kier molecular flexibility index (Phi) is 4.12. The molecule has 0 fully saturated rings. The minimum Gasteiger partial charge on any atom is -0.377 e. The Morgan fingerprint density at radius 3 is 3.00 bits per heavy atom. The monoisotopic (exact) mass is 244 g/mol. The van der Waals surface area contributed by atoms with Crippen LogP contribution in [0.3, 0.4) is 0 Å². The quantitative estimate of drug-likeness (QED) is 0.826. The fourth-order valence-electron chi connectivity index (χ4n) is 0.788. The number of rotatable bonds is 4. The normalized spacial score (nSPS) is 9.33. The number of hydrogen-bond acceptors (Lipinski definition) is 3. The topological polar surface area (TPSA) is 35.8 Å². The summed E-state index contributed by atoms with van der Waals surface area (Å²) < 4.78 is 1.13. The van der Waals surface area contributed by atoms with Crippen LogP contribution in [0.5, 0.6) is 0 Å². The second kappa shape index (κ2) is 5.18. The van der Waals surface area contributed by atoms with E-state index in [-0.39, 0.29) is 0 Å². The molecule has 0 aliphatic heterocycles. The molecule has 0 unspecified atom stereocenters. The zero-order valence-electron chi connectivity index (χ0n) is 6.51. The van der Waals surface area contributed by atoms with Crippen molar-refractivity contribution in [1.29, 1.82) is 5.26 Å². The Morgan fingerprint density at radius 1 is 1.58 bits per heavy atom. The maximum absolute atomic E-state index is 8.28. The lowest BCUT2D eigenvalue weighted by Gasteiger charge is -1.98. The van der Waals surface area contributed by atoms with E-state index in [2.05, 4.69) is 27.3 Å². The van der Waals surface area contributed by atoms with E-state index >= 15 is 0 Å². The molecular formula is C8H9BrN2S. The lowest BCUT2D eigenvalue weighted by molar-refractivity contribution is 0.900. The van der Waals surface area contributed by atoms with E-state index in [1.165, 1.54) is 0 Å². The standard InChI is InChI=1S/C8H9BrN2S/c9-7-3-4-8(12-7)11-6-2-1-5-10/h3-4,11H,1-2,6H2. The van der Waals surface area contributed by atoms with Crippen LogP contribution < -0.4 is 5.32 Å². The van der Waals surface area contributed by atoms with Crippen molar-refractivity contribution in [1.82, 2.24) is 0 Å². The van der Waals surface area contributed by atoms with Gasteiger partial charge in [-0.1, -0.05) is 0 Å². The SMILES string of the molecule is N#CCCCNc1ccc(Br)s1. The molecule has 0 spiro atoms. The first-order valence-corrected chi connectivity index (χ1v) is 5.30. The van der Waals surface area contributed by atoms with E-state index in [1.54, 1.807) is 11.3 Å². The smallest absolute Gasteiger partial charge is 0.0894 e. The van der Waals surface area contributed by atoms with Crippen LogP contribution in [-0.2, 0) is 0 Å². The Morgan fingerprint density at radius 2 is 2.42 bits per heavy atom. The lowest BCUT2D eigenvalue weighted by atomic mass is 10.3. The summed E-state index contributed by atoms with van der Waals surface area (Å²) in [6.07, 6.45) is 1.53. The van der Waals surface area contributed by atoms with Gasteiger partial charge in [0.05, 0.1) is 14.9 Å². The molecule has 0 bridgehead atoms. The van der Waals surface area contributed by atoms with Gasteiger partial charge in [0.25, 0.3) is 0 Å². The van der Waals surface area contributed by atoms with Gasteiger partial charge in [-0.3, -0.25) is 0 Å². The summed E-state index contributed by atoms with van der Waals surface area (Å²) in [5.74, 6) is 0. The highest BCUT2D eigenvalue weighted by molar-refractivity contribution is 9.11. The summed E-state index contributed by atoms with van der Waals surface area (Å²) in [6.45, 7) is 0.876. The molecule has 1 aromatic heterocycles. The number of nitrogens with one attached hydrogen (secondary N) is 1. The number of nitriles is 1. The van der Waals surface area contributed by atoms with Crippen molar-refractivity contribution in [2.24, 2.45) is 0 Å². The molecule has 0 aliphatic rings. The first-order chi connectivity index (χ1) is 5.83. The average Bonchev–Trinajstić information content (AvgIpc) is 2.45. The van der Waals surface area contributed by atoms with Crippen LogP contribution in [-0.4, -0.2) is 6.54 Å². The molecular weight excluding hydrogens is 236 g/mol. The largest absolute Gasteiger partial charge is 0.377 e. The third-order valence-corrected chi connectivity index (χ3v) is 2.92. The van der Waals surface area contributed by atoms with Crippen LogP contribution in [0, 0.1) is 11.3 Å². The van der Waals surface area contributed by atoms with Gasteiger partial charge in [0.15, 0.2) is 0 Å². The van der Waals surface area contributed by atoms with Gasteiger partial charge in [-0.05, 0) is 34.5 Å². The van der Waals surface area contributed by atoms with Crippen molar-refractivity contribution in [3.05, 3.63) is 15.9 Å². The molecule has 64 valence electrons. The van der Waals surface area contributed by atoms with E-state index in [1.807, 2.05) is 12.1 Å². The van der Waals surface area contributed by atoms with Crippen LogP contribution in [0.2, 0.25) is 0 Å². The molecule has 0 saturated carbocycles. The minimum absolute atomic E-state index is 0.625. The predicted octanol–water partition coefficient (Wildman–Crippen LogP) is 3.23. The van der Waals surface area contributed by atoms with Crippen LogP contribution in [0.4, 0.5) is 5.00 Å². The van der Waals surface area contributed by atoms with Crippen LogP contribution in [0.25, 0.3) is 0 Å². The molecule has 0 atom stereocenters. The van der Waals surface area contributed by atoms with E-state index < -0.39 is 0 Å². The number of anilines is 1. The second-order valence-electron chi connectivity index (χ2n) is 2.29. The molecule has 0 aliphatic carbocycles. The van der Waals surface area contributed by atoms with E-state index in [4.69, 9.17) is 5.26 Å². The van der Waals surface area contributed by atoms with Gasteiger partial charge < -0.3 is 5.32 Å². The number of thiophene rings is 1. The predicted molar refractivity (Wildman–Crippen MR) is 55.4 cm³/mol. The summed E-state index contributed by atoms with van der Waals surface area (Å²) in [4.78, 5) is 0. The van der Waals surface area contributed by atoms with Crippen molar-refractivity contribution < 1.29 is 0 Å². The number of nitrogens with zero attached hydrogens (tertiary/aromatic N) is 1. The van der Waals surface area contributed by atoms with Crippen molar-refractivity contribution in [2.75, 3.05) is 11.9 Å². The first kappa shape index (κ1) is 9.56. The van der Waals surface area contributed by atoms with Crippen LogP contribution >= 0.6 is 27.3 Å². The van der Waals surface area contributed by atoms with Crippen molar-refractivity contribution in [2.45, 2.75) is 12.8 Å². The van der Waals surface area contributed by atoms with Gasteiger partial charge in [-0.15, -0.1) is 11.3 Å². The Balaban J connectivity index is 2.21. The highest BCUT2D eigenvalue weighted by Crippen LogP contribution is 2.26. The third-order valence-electron chi connectivity index (χ3n) is 1.34. The van der Waals surface area contributed by atoms with Crippen LogP contribution in [0.15, 0.2) is 15.9 Å². The highest BCUT2D eigenvalue weighted by Gasteiger charge is 1.94. The maximum atomic E-state index is 8.28. The Bertz CT molecular complexity index is 277. The Labute approximate surface area is 84.3 Å². The molecule has 0 radical (unpaired) electrons. The van der Waals surface area contributed by atoms with Gasteiger partial charge in [0, 0.05) is 13.0 Å². The molecule has 1 aromatic rings. The minimum atomic E-state index is 0.625. The molecule has 0 saturated heterocycles. The number of unbranched alkanes of at least 4 members (excludes halogenated alkanes) is 1. The zero-order chi connectivity index (χ0) is 8.81. The summed E-state index contributed by atoms with van der Waals surface area (Å²) in [7, 11) is 0. The van der Waals surface area contributed by atoms with Gasteiger partial charge in [0.1, 0.15) is 0 Å². The van der Waals surface area contributed by atoms with Crippen molar-refractivity contribution in [3.8, 4) is 6.07 Å². The van der Waals surface area contributed by atoms with Gasteiger partial charge >= 0.3 is 0 Å². The summed E-state index contributed by atoms with van der Waals surface area (Å²) >= 11 is 5.05. The molecule has 0 amide bonds. The first-order valence-electron chi connectivity index (χ1n) is 3.69. The van der Waals surface area contributed by atoms with Gasteiger partial charge in [-0.2, -0.15) is 5.26 Å². The second-order valence-corrected chi connectivity index (χ2v) is 4.76. The van der Waals surface area contributed by atoms with E-state index in [0.29, 0.717) is 6.42 Å². The fraction of sp³-hybridized carbons (Fsp3) is 0.375. The van der Waals surface area contributed by atoms with Crippen molar-refractivity contribution in [3.63, 3.8) is 0 Å². The highest BCUT2D eigenvalue weighted by atomic mass is 79.9. The number of halogens is 1. The Hall–Kier alpha value is -0.530. The molecule has 0 aromatic carbocycles. The van der Waals surface area contributed by atoms with Crippen LogP contribution in [0.1, 0.15) is 12.8 Å². The summed E-state index contributed by atoms with van der Waals surface area (Å²) in [5, 5.41) is 12.7. The van der Waals surface area contributed by atoms with Crippen molar-refractivity contribution >= 4 is 32.3 Å². The zero-order valence-corrected chi connectivity index (χ0v) is 8.91. The number of hydrogen-bond donors (Lipinski definition) is 1. The molecule has 4 heteroatoms. The fourth-order valence-corrected chi connectivity index (χ4v) is 2.10. The molecule has 1 rings (SSSR count). The molecule has 1 heterocycles. The van der Waals surface area contributed by atoms with E-state index in [0.717, 1.165) is 21.8 Å². The molecule has 1 N–H and O–H groups in total. The van der Waals surface area contributed by atoms with Gasteiger partial charge in [0.2, 0.25) is 0 Å². The summed E-state index contributed by atoms with van der Waals surface area (Å²) in [5.41, 5.74) is 0. The maximum Gasteiger partial charge on any atom is 0.0894 e. The molecule has 12 heavy (non-hydrogen) atoms. The molecule has 2 nitrogen and oxygen atoms in total. The third kappa shape index (κ3) is 3.24. The van der Waals surface area contributed by atoms with Gasteiger partial charge in [-0.25, -0.2) is 0 Å². The summed E-state index contributed by atoms with van der Waals surface area (Å²) in [6, 6.07) is 6.15. The lowest BCUT2D eigenvalue weighted by Crippen LogP contribution is -1.98. The van der Waals surface area contributed by atoms with E-state index in [9.17, 15) is 0 Å².